The molecule has 0 aliphatic heterocycles. The summed E-state index contributed by atoms with van der Waals surface area (Å²) in [7, 11) is 0. The molecule has 24 heavy (non-hydrogen) atoms. The van der Waals surface area contributed by atoms with Crippen LogP contribution in [-0.2, 0) is 9.59 Å². The van der Waals surface area contributed by atoms with Gasteiger partial charge in [-0.15, -0.1) is 0 Å². The molecule has 0 heterocycles. The fraction of sp³-hybridized carbons (Fsp3) is 0.591. The van der Waals surface area contributed by atoms with Gasteiger partial charge >= 0.3 is 0 Å². The molecule has 2 aliphatic carbocycles. The second-order valence-corrected chi connectivity index (χ2v) is 8.08. The SMILES string of the molecule is C=C/C=C\C(=C/C)C1CC(=O)C(C2CCCC(C)(C)C2)C(=C=O)C1. The van der Waals surface area contributed by atoms with E-state index >= 15 is 0 Å². The summed E-state index contributed by atoms with van der Waals surface area (Å²) in [6.07, 6.45) is 13.3. The summed E-state index contributed by atoms with van der Waals surface area (Å²) in [5.41, 5.74) is 2.08. The first-order valence-corrected chi connectivity index (χ1v) is 9.13. The number of rotatable bonds is 4. The fourth-order valence-electron chi connectivity index (χ4n) is 4.61. The number of Topliss-reactive ketones (excluding diaryl/α,β-unsaturated/α-hetero) is 1. The smallest absolute Gasteiger partial charge is 0.141 e. The molecule has 2 nitrogen and oxygen atoms in total. The van der Waals surface area contributed by atoms with Gasteiger partial charge in [0.05, 0.1) is 5.92 Å². The average molecular weight is 326 g/mol. The number of ketones is 1. The van der Waals surface area contributed by atoms with E-state index in [1.807, 2.05) is 25.2 Å². The van der Waals surface area contributed by atoms with E-state index in [9.17, 15) is 9.59 Å². The predicted molar refractivity (Wildman–Crippen MR) is 99.3 cm³/mol. The highest BCUT2D eigenvalue weighted by Gasteiger charge is 2.42. The largest absolute Gasteiger partial charge is 0.299 e. The van der Waals surface area contributed by atoms with Gasteiger partial charge in [0.25, 0.3) is 0 Å². The molecule has 2 aliphatic rings. The molecular weight excluding hydrogens is 296 g/mol. The number of carbonyl (C=O) groups excluding carboxylic acids is 2. The average Bonchev–Trinajstić information content (AvgIpc) is 2.54. The van der Waals surface area contributed by atoms with Gasteiger partial charge in [0.15, 0.2) is 0 Å². The molecule has 3 unspecified atom stereocenters. The van der Waals surface area contributed by atoms with Crippen LogP contribution in [0.25, 0.3) is 0 Å². The number of carbonyl (C=O) groups is 1. The Hall–Kier alpha value is -1.66. The van der Waals surface area contributed by atoms with Crippen LogP contribution in [0.3, 0.4) is 0 Å². The van der Waals surface area contributed by atoms with E-state index < -0.39 is 0 Å². The van der Waals surface area contributed by atoms with Crippen molar-refractivity contribution in [3.8, 4) is 0 Å². The van der Waals surface area contributed by atoms with Gasteiger partial charge in [-0.3, -0.25) is 4.79 Å². The third kappa shape index (κ3) is 4.24. The van der Waals surface area contributed by atoms with E-state index in [-0.39, 0.29) is 23.0 Å². The van der Waals surface area contributed by atoms with Crippen molar-refractivity contribution < 1.29 is 9.59 Å². The van der Waals surface area contributed by atoms with Crippen molar-refractivity contribution in [1.29, 1.82) is 0 Å². The van der Waals surface area contributed by atoms with Gasteiger partial charge in [-0.25, -0.2) is 4.79 Å². The Morgan fingerprint density at radius 2 is 2.08 bits per heavy atom. The van der Waals surface area contributed by atoms with Crippen molar-refractivity contribution in [1.82, 2.24) is 0 Å². The molecule has 2 rings (SSSR count). The molecule has 0 aromatic rings. The molecule has 130 valence electrons. The third-order valence-electron chi connectivity index (χ3n) is 5.71. The standard InChI is InChI=1S/C22H30O2/c1-5-7-9-16(6-2)18-12-19(15-23)21(20(24)13-18)17-10-8-11-22(3,4)14-17/h5-7,9,17-18,21H,1,8,10-14H2,2-4H3/b9-7-,16-6+. The Labute approximate surface area is 146 Å². The molecule has 0 aromatic carbocycles. The lowest BCUT2D eigenvalue weighted by Crippen LogP contribution is -2.37. The highest BCUT2D eigenvalue weighted by Crippen LogP contribution is 2.47. The Bertz CT molecular complexity index is 599. The van der Waals surface area contributed by atoms with Crippen molar-refractivity contribution in [2.45, 2.75) is 59.3 Å². The first-order chi connectivity index (χ1) is 11.4. The van der Waals surface area contributed by atoms with Crippen molar-refractivity contribution in [2.24, 2.45) is 23.2 Å². The molecule has 0 radical (unpaired) electrons. The summed E-state index contributed by atoms with van der Waals surface area (Å²) < 4.78 is 0. The molecule has 0 amide bonds. The molecular formula is C22H30O2. The maximum Gasteiger partial charge on any atom is 0.141 e. The summed E-state index contributed by atoms with van der Waals surface area (Å²) in [6.45, 7) is 10.2. The minimum absolute atomic E-state index is 0.100. The minimum atomic E-state index is -0.195. The van der Waals surface area contributed by atoms with Gasteiger partial charge in [0, 0.05) is 12.0 Å². The van der Waals surface area contributed by atoms with Gasteiger partial charge < -0.3 is 0 Å². The van der Waals surface area contributed by atoms with E-state index in [4.69, 9.17) is 0 Å². The predicted octanol–water partition coefficient (Wildman–Crippen LogP) is 5.24. The zero-order valence-corrected chi connectivity index (χ0v) is 15.3. The zero-order chi connectivity index (χ0) is 17.7. The van der Waals surface area contributed by atoms with Crippen LogP contribution >= 0.6 is 0 Å². The summed E-state index contributed by atoms with van der Waals surface area (Å²) in [4.78, 5) is 24.5. The highest BCUT2D eigenvalue weighted by atomic mass is 16.1. The van der Waals surface area contributed by atoms with Gasteiger partial charge in [-0.1, -0.05) is 51.2 Å². The highest BCUT2D eigenvalue weighted by molar-refractivity contribution is 5.88. The van der Waals surface area contributed by atoms with Crippen LogP contribution in [-0.4, -0.2) is 11.7 Å². The Kier molecular flexibility index (Phi) is 6.18. The second-order valence-electron chi connectivity index (χ2n) is 8.08. The molecule has 2 heteroatoms. The summed E-state index contributed by atoms with van der Waals surface area (Å²) >= 11 is 0. The Morgan fingerprint density at radius 3 is 2.67 bits per heavy atom. The summed E-state index contributed by atoms with van der Waals surface area (Å²) in [5, 5.41) is 0. The molecule has 2 fully saturated rings. The fourth-order valence-corrected chi connectivity index (χ4v) is 4.61. The lowest BCUT2D eigenvalue weighted by Gasteiger charge is -2.41. The molecule has 0 saturated heterocycles. The molecule has 0 spiro atoms. The number of allylic oxidation sites excluding steroid dienone is 6. The second kappa shape index (κ2) is 7.94. The van der Waals surface area contributed by atoms with Crippen LogP contribution in [0.1, 0.15) is 59.3 Å². The van der Waals surface area contributed by atoms with Gasteiger partial charge in [-0.05, 0) is 55.4 Å². The van der Waals surface area contributed by atoms with Crippen molar-refractivity contribution in [3.05, 3.63) is 42.0 Å². The molecule has 3 atom stereocenters. The van der Waals surface area contributed by atoms with Gasteiger partial charge in [0.1, 0.15) is 11.7 Å². The summed E-state index contributed by atoms with van der Waals surface area (Å²) in [6, 6.07) is 0. The van der Waals surface area contributed by atoms with Crippen LogP contribution in [0.15, 0.2) is 42.0 Å². The van der Waals surface area contributed by atoms with Gasteiger partial charge in [0.2, 0.25) is 0 Å². The first-order valence-electron chi connectivity index (χ1n) is 9.13. The topological polar surface area (TPSA) is 34.1 Å². The van der Waals surface area contributed by atoms with Crippen molar-refractivity contribution in [3.63, 3.8) is 0 Å². The van der Waals surface area contributed by atoms with Crippen LogP contribution < -0.4 is 0 Å². The third-order valence-corrected chi connectivity index (χ3v) is 5.71. The zero-order valence-electron chi connectivity index (χ0n) is 15.3. The quantitative estimate of drug-likeness (QED) is 0.522. The molecule has 0 bridgehead atoms. The lowest BCUT2D eigenvalue weighted by molar-refractivity contribution is -0.126. The van der Waals surface area contributed by atoms with Crippen LogP contribution in [0.2, 0.25) is 0 Å². The van der Waals surface area contributed by atoms with Gasteiger partial charge in [-0.2, -0.15) is 0 Å². The Morgan fingerprint density at radius 1 is 1.33 bits per heavy atom. The van der Waals surface area contributed by atoms with E-state index in [0.717, 1.165) is 24.8 Å². The van der Waals surface area contributed by atoms with Crippen LogP contribution in [0.4, 0.5) is 0 Å². The number of hydrogen-bond donors (Lipinski definition) is 0. The van der Waals surface area contributed by atoms with E-state index in [1.165, 1.54) is 6.42 Å². The monoisotopic (exact) mass is 326 g/mol. The maximum atomic E-state index is 12.9. The van der Waals surface area contributed by atoms with Crippen LogP contribution in [0.5, 0.6) is 0 Å². The molecule has 2 saturated carbocycles. The van der Waals surface area contributed by atoms with Crippen LogP contribution in [0, 0.1) is 23.2 Å². The van der Waals surface area contributed by atoms with E-state index in [0.29, 0.717) is 24.3 Å². The Balaban J connectivity index is 2.21. The molecule has 0 aromatic heterocycles. The number of hydrogen-bond acceptors (Lipinski definition) is 2. The van der Waals surface area contributed by atoms with Crippen molar-refractivity contribution >= 4 is 11.7 Å². The lowest BCUT2D eigenvalue weighted by atomic mass is 9.62. The maximum absolute atomic E-state index is 12.9. The van der Waals surface area contributed by atoms with Crippen molar-refractivity contribution in [2.75, 3.05) is 0 Å². The normalized spacial score (nSPS) is 31.1. The minimum Gasteiger partial charge on any atom is -0.299 e. The summed E-state index contributed by atoms with van der Waals surface area (Å²) in [5.74, 6) is 2.60. The van der Waals surface area contributed by atoms with E-state index in [1.54, 1.807) is 6.08 Å². The van der Waals surface area contributed by atoms with E-state index in [2.05, 4.69) is 26.4 Å². The molecule has 0 N–H and O–H groups in total. The first kappa shape index (κ1) is 18.7.